The highest BCUT2D eigenvalue weighted by molar-refractivity contribution is 5.94. The molecule has 0 saturated carbocycles. The quantitative estimate of drug-likeness (QED) is 0.538. The number of nitrogens with one attached hydrogen (secondary N) is 1. The van der Waals surface area contributed by atoms with Crippen molar-refractivity contribution in [3.05, 3.63) is 35.4 Å². The number of aliphatic hydroxyl groups excluding tert-OH is 1. The first-order valence-electron chi connectivity index (χ1n) is 5.52. The number of amides is 1. The van der Waals surface area contributed by atoms with Gasteiger partial charge in [0.05, 0.1) is 6.54 Å². The molecular weight excluding hydrogens is 236 g/mol. The maximum Gasteiger partial charge on any atom is 0.334 e. The molecule has 0 aromatic heterocycles. The average Bonchev–Trinajstić information content (AvgIpc) is 2.36. The second-order valence-corrected chi connectivity index (χ2v) is 3.80. The molecule has 0 spiro atoms. The zero-order valence-electron chi connectivity index (χ0n) is 9.80. The first-order chi connectivity index (χ1) is 8.54. The Balaban J connectivity index is 2.54. The summed E-state index contributed by atoms with van der Waals surface area (Å²) >= 11 is 0. The lowest BCUT2D eigenvalue weighted by atomic mass is 10.1. The van der Waals surface area contributed by atoms with Gasteiger partial charge in [0.15, 0.2) is 6.10 Å². The lowest BCUT2D eigenvalue weighted by Gasteiger charge is -2.08. The molecule has 1 amide bonds. The second kappa shape index (κ2) is 6.73. The number of carbonyl (C=O) groups is 2. The van der Waals surface area contributed by atoms with Crippen LogP contribution in [0.3, 0.4) is 0 Å². The summed E-state index contributed by atoms with van der Waals surface area (Å²) < 4.78 is 0. The third-order valence-corrected chi connectivity index (χ3v) is 2.39. The van der Waals surface area contributed by atoms with Crippen LogP contribution in [0, 0.1) is 0 Å². The minimum absolute atomic E-state index is 0.321. The number of carboxylic acid groups (broad SMARTS) is 1. The number of carbonyl (C=O) groups excluding carboxylic acids is 1. The van der Waals surface area contributed by atoms with Gasteiger partial charge >= 0.3 is 5.97 Å². The highest BCUT2D eigenvalue weighted by Gasteiger charge is 2.14. The fourth-order valence-corrected chi connectivity index (χ4v) is 1.37. The van der Waals surface area contributed by atoms with Crippen LogP contribution >= 0.6 is 0 Å². The molecule has 6 nitrogen and oxygen atoms in total. The zero-order valence-corrected chi connectivity index (χ0v) is 9.80. The number of aliphatic carboxylic acids is 1. The fraction of sp³-hybridized carbons (Fsp3) is 0.333. The maximum atomic E-state index is 11.6. The molecule has 1 aromatic rings. The van der Waals surface area contributed by atoms with Crippen LogP contribution in [-0.4, -0.2) is 41.3 Å². The molecule has 0 bridgehead atoms. The number of hydrogen-bond donors (Lipinski definition) is 4. The minimum Gasteiger partial charge on any atom is -0.479 e. The van der Waals surface area contributed by atoms with E-state index in [-0.39, 0.29) is 6.54 Å². The van der Waals surface area contributed by atoms with Gasteiger partial charge in [-0.25, -0.2) is 4.79 Å². The first kappa shape index (κ1) is 14.1. The molecule has 0 radical (unpaired) electrons. The molecule has 0 heterocycles. The minimum atomic E-state index is -1.59. The van der Waals surface area contributed by atoms with Gasteiger partial charge in [-0.15, -0.1) is 0 Å². The van der Waals surface area contributed by atoms with Gasteiger partial charge in [0.1, 0.15) is 0 Å². The smallest absolute Gasteiger partial charge is 0.334 e. The fourth-order valence-electron chi connectivity index (χ4n) is 1.37. The molecule has 6 heteroatoms. The van der Waals surface area contributed by atoms with Gasteiger partial charge in [0, 0.05) is 5.56 Å². The maximum absolute atomic E-state index is 11.6. The van der Waals surface area contributed by atoms with E-state index in [9.17, 15) is 9.59 Å². The van der Waals surface area contributed by atoms with Crippen molar-refractivity contribution in [2.45, 2.75) is 12.5 Å². The summed E-state index contributed by atoms with van der Waals surface area (Å²) in [7, 11) is 0. The van der Waals surface area contributed by atoms with Crippen molar-refractivity contribution < 1.29 is 19.8 Å². The van der Waals surface area contributed by atoms with Crippen molar-refractivity contribution in [3.63, 3.8) is 0 Å². The van der Waals surface area contributed by atoms with Crippen LogP contribution in [-0.2, 0) is 11.2 Å². The van der Waals surface area contributed by atoms with E-state index in [0.717, 1.165) is 12.0 Å². The van der Waals surface area contributed by atoms with Gasteiger partial charge in [0.25, 0.3) is 5.91 Å². The molecule has 0 aliphatic heterocycles. The van der Waals surface area contributed by atoms with E-state index in [1.807, 2.05) is 0 Å². The standard InChI is InChI=1S/C12H16N2O4/c13-6-5-8-1-3-9(4-2-8)11(16)14-7-10(15)12(17)18/h1-4,10,15H,5-7,13H2,(H,14,16)(H,17,18)/t10-/m0/s1. The van der Waals surface area contributed by atoms with Crippen LogP contribution in [0.5, 0.6) is 0 Å². The number of carboxylic acids is 1. The van der Waals surface area contributed by atoms with Crippen molar-refractivity contribution in [3.8, 4) is 0 Å². The van der Waals surface area contributed by atoms with Crippen LogP contribution in [0.2, 0.25) is 0 Å². The third-order valence-electron chi connectivity index (χ3n) is 2.39. The number of benzene rings is 1. The largest absolute Gasteiger partial charge is 0.479 e. The third kappa shape index (κ3) is 4.15. The molecule has 1 rings (SSSR count). The normalized spacial score (nSPS) is 11.9. The van der Waals surface area contributed by atoms with E-state index in [1.165, 1.54) is 0 Å². The second-order valence-electron chi connectivity index (χ2n) is 3.80. The summed E-state index contributed by atoms with van der Waals surface area (Å²) in [5, 5.41) is 19.8. The summed E-state index contributed by atoms with van der Waals surface area (Å²) in [6.07, 6.45) is -0.856. The van der Waals surface area contributed by atoms with Crippen LogP contribution in [0.15, 0.2) is 24.3 Å². The summed E-state index contributed by atoms with van der Waals surface area (Å²) in [5.41, 5.74) is 6.84. The molecular formula is C12H16N2O4. The van der Waals surface area contributed by atoms with Crippen molar-refractivity contribution in [2.24, 2.45) is 5.73 Å². The Morgan fingerprint density at radius 3 is 2.39 bits per heavy atom. The molecule has 0 fully saturated rings. The number of hydrogen-bond acceptors (Lipinski definition) is 4. The summed E-state index contributed by atoms with van der Waals surface area (Å²) in [6.45, 7) is 0.217. The lowest BCUT2D eigenvalue weighted by molar-refractivity contribution is -0.146. The zero-order chi connectivity index (χ0) is 13.5. The summed E-state index contributed by atoms with van der Waals surface area (Å²) in [5.74, 6) is -1.79. The van der Waals surface area contributed by atoms with Crippen LogP contribution in [0.1, 0.15) is 15.9 Å². The summed E-state index contributed by atoms with van der Waals surface area (Å²) in [6, 6.07) is 6.84. The van der Waals surface area contributed by atoms with E-state index >= 15 is 0 Å². The number of nitrogens with two attached hydrogens (primary N) is 1. The molecule has 0 unspecified atom stereocenters. The Labute approximate surface area is 104 Å². The molecule has 0 aliphatic carbocycles. The Morgan fingerprint density at radius 1 is 1.28 bits per heavy atom. The Bertz CT molecular complexity index is 417. The van der Waals surface area contributed by atoms with Crippen LogP contribution in [0.4, 0.5) is 0 Å². The van der Waals surface area contributed by atoms with E-state index in [0.29, 0.717) is 12.1 Å². The monoisotopic (exact) mass is 252 g/mol. The molecule has 98 valence electrons. The van der Waals surface area contributed by atoms with Gasteiger partial charge in [-0.3, -0.25) is 4.79 Å². The Morgan fingerprint density at radius 2 is 1.89 bits per heavy atom. The first-order valence-corrected chi connectivity index (χ1v) is 5.52. The van der Waals surface area contributed by atoms with Gasteiger partial charge in [-0.05, 0) is 30.7 Å². The van der Waals surface area contributed by atoms with Gasteiger partial charge in [0.2, 0.25) is 0 Å². The van der Waals surface area contributed by atoms with Gasteiger partial charge < -0.3 is 21.3 Å². The topological polar surface area (TPSA) is 113 Å². The predicted molar refractivity (Wildman–Crippen MR) is 65.2 cm³/mol. The van der Waals surface area contributed by atoms with E-state index in [2.05, 4.69) is 5.32 Å². The van der Waals surface area contributed by atoms with Crippen molar-refractivity contribution in [2.75, 3.05) is 13.1 Å². The molecule has 18 heavy (non-hydrogen) atoms. The SMILES string of the molecule is NCCc1ccc(C(=O)NC[C@H](O)C(=O)O)cc1. The number of aliphatic hydroxyl groups is 1. The van der Waals surface area contributed by atoms with E-state index in [4.69, 9.17) is 15.9 Å². The van der Waals surface area contributed by atoms with E-state index in [1.54, 1.807) is 24.3 Å². The van der Waals surface area contributed by atoms with Crippen molar-refractivity contribution in [1.29, 1.82) is 0 Å². The highest BCUT2D eigenvalue weighted by Crippen LogP contribution is 2.04. The highest BCUT2D eigenvalue weighted by atomic mass is 16.4. The predicted octanol–water partition coefficient (Wildman–Crippen LogP) is -0.637. The van der Waals surface area contributed by atoms with E-state index < -0.39 is 18.0 Å². The molecule has 0 aliphatic rings. The molecule has 0 saturated heterocycles. The van der Waals surface area contributed by atoms with Gasteiger partial charge in [-0.1, -0.05) is 12.1 Å². The molecule has 1 atom stereocenters. The van der Waals surface area contributed by atoms with Crippen molar-refractivity contribution >= 4 is 11.9 Å². The molecule has 5 N–H and O–H groups in total. The summed E-state index contributed by atoms with van der Waals surface area (Å²) in [4.78, 5) is 22.0. The Hall–Kier alpha value is -1.92. The van der Waals surface area contributed by atoms with Crippen LogP contribution in [0.25, 0.3) is 0 Å². The van der Waals surface area contributed by atoms with Crippen molar-refractivity contribution in [1.82, 2.24) is 5.32 Å². The average molecular weight is 252 g/mol. The Kier molecular flexibility index (Phi) is 5.29. The number of rotatable bonds is 6. The van der Waals surface area contributed by atoms with Gasteiger partial charge in [-0.2, -0.15) is 0 Å². The van der Waals surface area contributed by atoms with Crippen LogP contribution < -0.4 is 11.1 Å². The molecule has 1 aromatic carbocycles. The lowest BCUT2D eigenvalue weighted by Crippen LogP contribution is -2.36.